The van der Waals surface area contributed by atoms with E-state index in [0.717, 1.165) is 18.5 Å². The summed E-state index contributed by atoms with van der Waals surface area (Å²) in [6.07, 6.45) is 6.58. The van der Waals surface area contributed by atoms with Gasteiger partial charge in [0.15, 0.2) is 5.96 Å². The van der Waals surface area contributed by atoms with Crippen LogP contribution in [0.25, 0.3) is 0 Å². The van der Waals surface area contributed by atoms with Crippen molar-refractivity contribution in [2.45, 2.75) is 38.3 Å². The molecule has 1 aromatic rings. The van der Waals surface area contributed by atoms with E-state index in [0.29, 0.717) is 18.5 Å². The first-order chi connectivity index (χ1) is 10.6. The van der Waals surface area contributed by atoms with Crippen LogP contribution in [-0.4, -0.2) is 48.4 Å². The van der Waals surface area contributed by atoms with Crippen LogP contribution in [0.1, 0.15) is 31.4 Å². The molecule has 1 saturated carbocycles. The van der Waals surface area contributed by atoms with Gasteiger partial charge in [-0.1, -0.05) is 18.9 Å². The van der Waals surface area contributed by atoms with Gasteiger partial charge in [-0.3, -0.25) is 9.78 Å². The van der Waals surface area contributed by atoms with Gasteiger partial charge in [0, 0.05) is 26.3 Å². The van der Waals surface area contributed by atoms with E-state index in [2.05, 4.69) is 20.6 Å². The van der Waals surface area contributed by atoms with Gasteiger partial charge in [0.2, 0.25) is 5.91 Å². The number of nitrogens with zero attached hydrogens (tertiary/aromatic N) is 3. The van der Waals surface area contributed by atoms with Crippen molar-refractivity contribution < 1.29 is 4.79 Å². The third kappa shape index (κ3) is 5.35. The van der Waals surface area contributed by atoms with E-state index in [9.17, 15) is 4.79 Å². The molecule has 22 heavy (non-hydrogen) atoms. The molecule has 0 atom stereocenters. The number of carbonyl (C=O) groups excluding carboxylic acids is 1. The molecule has 120 valence electrons. The lowest BCUT2D eigenvalue weighted by molar-refractivity contribution is -0.127. The van der Waals surface area contributed by atoms with Gasteiger partial charge in [-0.05, 0) is 25.0 Å². The Morgan fingerprint density at radius 3 is 2.77 bits per heavy atom. The summed E-state index contributed by atoms with van der Waals surface area (Å²) in [5.41, 5.74) is 0.911. The highest BCUT2D eigenvalue weighted by Crippen LogP contribution is 2.17. The van der Waals surface area contributed by atoms with Gasteiger partial charge >= 0.3 is 0 Å². The van der Waals surface area contributed by atoms with Crippen LogP contribution >= 0.6 is 0 Å². The van der Waals surface area contributed by atoms with Crippen LogP contribution in [0.15, 0.2) is 29.4 Å². The molecule has 0 radical (unpaired) electrons. The number of hydrogen-bond donors (Lipinski definition) is 2. The number of amides is 1. The summed E-state index contributed by atoms with van der Waals surface area (Å²) in [6, 6.07) is 6.23. The predicted molar refractivity (Wildman–Crippen MR) is 87.5 cm³/mol. The molecule has 0 aliphatic heterocycles. The number of aliphatic imine (C=N–C) groups is 1. The summed E-state index contributed by atoms with van der Waals surface area (Å²) in [7, 11) is 3.50. The average Bonchev–Trinajstić information content (AvgIpc) is 3.03. The van der Waals surface area contributed by atoms with Crippen LogP contribution in [0.2, 0.25) is 0 Å². The Bertz CT molecular complexity index is 495. The van der Waals surface area contributed by atoms with Crippen molar-refractivity contribution in [1.29, 1.82) is 0 Å². The van der Waals surface area contributed by atoms with E-state index < -0.39 is 0 Å². The Morgan fingerprint density at radius 2 is 2.14 bits per heavy atom. The van der Waals surface area contributed by atoms with Gasteiger partial charge in [0.1, 0.15) is 0 Å². The molecule has 1 heterocycles. The van der Waals surface area contributed by atoms with E-state index in [1.165, 1.54) is 12.8 Å². The zero-order chi connectivity index (χ0) is 15.8. The Kier molecular flexibility index (Phi) is 6.18. The second-order valence-corrected chi connectivity index (χ2v) is 5.75. The summed E-state index contributed by atoms with van der Waals surface area (Å²) in [5.74, 6) is 0.714. The van der Waals surface area contributed by atoms with Crippen LogP contribution in [0.3, 0.4) is 0 Å². The van der Waals surface area contributed by atoms with E-state index in [1.54, 1.807) is 25.2 Å². The number of aromatic nitrogens is 1. The molecule has 1 aliphatic carbocycles. The summed E-state index contributed by atoms with van der Waals surface area (Å²) in [6.45, 7) is 0.743. The summed E-state index contributed by atoms with van der Waals surface area (Å²) < 4.78 is 0. The molecule has 1 aliphatic rings. The monoisotopic (exact) mass is 303 g/mol. The molecule has 1 aromatic heterocycles. The van der Waals surface area contributed by atoms with Gasteiger partial charge < -0.3 is 15.5 Å². The molecule has 1 fully saturated rings. The Hall–Kier alpha value is -2.11. The van der Waals surface area contributed by atoms with Crippen LogP contribution in [0, 0.1) is 0 Å². The fourth-order valence-corrected chi connectivity index (χ4v) is 2.39. The smallest absolute Gasteiger partial charge is 0.241 e. The van der Waals surface area contributed by atoms with Crippen molar-refractivity contribution in [2.24, 2.45) is 4.99 Å². The zero-order valence-electron chi connectivity index (χ0n) is 13.4. The van der Waals surface area contributed by atoms with Gasteiger partial charge in [-0.2, -0.15) is 0 Å². The maximum atomic E-state index is 11.7. The van der Waals surface area contributed by atoms with Crippen LogP contribution in [0.4, 0.5) is 0 Å². The van der Waals surface area contributed by atoms with Crippen molar-refractivity contribution in [3.05, 3.63) is 30.1 Å². The highest BCUT2D eigenvalue weighted by atomic mass is 16.2. The van der Waals surface area contributed by atoms with Crippen LogP contribution in [0.5, 0.6) is 0 Å². The summed E-state index contributed by atoms with van der Waals surface area (Å²) in [4.78, 5) is 22.1. The number of nitrogens with one attached hydrogen (secondary N) is 2. The highest BCUT2D eigenvalue weighted by molar-refractivity contribution is 5.86. The number of hydrogen-bond acceptors (Lipinski definition) is 3. The highest BCUT2D eigenvalue weighted by Gasteiger charge is 2.16. The van der Waals surface area contributed by atoms with Crippen molar-refractivity contribution >= 4 is 11.9 Å². The average molecular weight is 303 g/mol. The number of carbonyl (C=O) groups is 1. The molecule has 0 saturated heterocycles. The normalized spacial score (nSPS) is 15.6. The number of likely N-dealkylation sites (N-methyl/N-ethyl adjacent to an activating group) is 1. The van der Waals surface area contributed by atoms with E-state index >= 15 is 0 Å². The number of guanidine groups is 1. The second kappa shape index (κ2) is 8.36. The molecule has 0 unspecified atom stereocenters. The molecule has 0 bridgehead atoms. The molecular formula is C16H25N5O. The van der Waals surface area contributed by atoms with Crippen molar-refractivity contribution in [3.63, 3.8) is 0 Å². The minimum absolute atomic E-state index is 0.0266. The molecule has 0 aromatic carbocycles. The molecule has 0 spiro atoms. The zero-order valence-corrected chi connectivity index (χ0v) is 13.4. The van der Waals surface area contributed by atoms with Crippen LogP contribution in [-0.2, 0) is 11.3 Å². The minimum Gasteiger partial charge on any atom is -0.354 e. The van der Waals surface area contributed by atoms with E-state index in [-0.39, 0.29) is 12.5 Å². The van der Waals surface area contributed by atoms with Crippen LogP contribution < -0.4 is 10.6 Å². The van der Waals surface area contributed by atoms with Gasteiger partial charge in [0.25, 0.3) is 0 Å². The minimum atomic E-state index is 0.0266. The Morgan fingerprint density at radius 1 is 1.36 bits per heavy atom. The molecule has 2 N–H and O–H groups in total. The fourth-order valence-electron chi connectivity index (χ4n) is 2.39. The summed E-state index contributed by atoms with van der Waals surface area (Å²) in [5, 5.41) is 6.54. The van der Waals surface area contributed by atoms with E-state index in [1.807, 2.05) is 18.2 Å². The van der Waals surface area contributed by atoms with Gasteiger partial charge in [-0.15, -0.1) is 0 Å². The first-order valence-electron chi connectivity index (χ1n) is 7.80. The standard InChI is InChI=1S/C16H25N5O/c1-21(2)15(22)12-19-16(20-13-7-3-4-8-13)18-11-14-9-5-6-10-17-14/h5-6,9-10,13H,3-4,7-8,11-12H2,1-2H3,(H2,18,19,20). The molecular weight excluding hydrogens is 278 g/mol. The molecule has 2 rings (SSSR count). The van der Waals surface area contributed by atoms with Crippen molar-refractivity contribution in [3.8, 4) is 0 Å². The second-order valence-electron chi connectivity index (χ2n) is 5.75. The van der Waals surface area contributed by atoms with Crippen molar-refractivity contribution in [2.75, 3.05) is 20.6 Å². The van der Waals surface area contributed by atoms with Gasteiger partial charge in [-0.25, -0.2) is 4.99 Å². The number of pyridine rings is 1. The lowest BCUT2D eigenvalue weighted by Gasteiger charge is -2.18. The fraction of sp³-hybridized carbons (Fsp3) is 0.562. The lowest BCUT2D eigenvalue weighted by atomic mass is 10.2. The maximum Gasteiger partial charge on any atom is 0.241 e. The number of rotatable bonds is 5. The molecule has 1 amide bonds. The third-order valence-corrected chi connectivity index (χ3v) is 3.73. The quantitative estimate of drug-likeness (QED) is 0.632. The Balaban J connectivity index is 1.95. The molecule has 6 nitrogen and oxygen atoms in total. The lowest BCUT2D eigenvalue weighted by Crippen LogP contribution is -2.46. The maximum absolute atomic E-state index is 11.7. The largest absolute Gasteiger partial charge is 0.354 e. The first kappa shape index (κ1) is 16.3. The first-order valence-corrected chi connectivity index (χ1v) is 7.80. The summed E-state index contributed by atoms with van der Waals surface area (Å²) >= 11 is 0. The molecule has 6 heteroatoms. The Labute approximate surface area is 132 Å². The van der Waals surface area contributed by atoms with E-state index in [4.69, 9.17) is 0 Å². The third-order valence-electron chi connectivity index (χ3n) is 3.73. The topological polar surface area (TPSA) is 69.6 Å². The van der Waals surface area contributed by atoms with Crippen molar-refractivity contribution in [1.82, 2.24) is 20.5 Å². The van der Waals surface area contributed by atoms with Gasteiger partial charge in [0.05, 0.1) is 18.8 Å². The predicted octanol–water partition coefficient (Wildman–Crippen LogP) is 1.15. The SMILES string of the molecule is CN(C)C(=O)CNC(=NCc1ccccn1)NC1CCCC1.